The van der Waals surface area contributed by atoms with Crippen LogP contribution in [-0.4, -0.2) is 70.0 Å². The average Bonchev–Trinajstić information content (AvgIpc) is 3.17. The van der Waals surface area contributed by atoms with E-state index < -0.39 is 0 Å². The highest BCUT2D eigenvalue weighted by Gasteiger charge is 2.31. The molecule has 0 aliphatic carbocycles. The second-order valence-electron chi connectivity index (χ2n) is 6.28. The Hall–Kier alpha value is -1.63. The zero-order valence-corrected chi connectivity index (χ0v) is 14.2. The molecule has 1 amide bonds. The van der Waals surface area contributed by atoms with Crippen molar-refractivity contribution in [1.29, 1.82) is 0 Å². The Labute approximate surface area is 143 Å². The Bertz CT molecular complexity index is 540. The smallest absolute Gasteiger partial charge is 0.251 e. The lowest BCUT2D eigenvalue weighted by atomic mass is 9.96. The van der Waals surface area contributed by atoms with Gasteiger partial charge in [0.05, 0.1) is 26.9 Å². The predicted octanol–water partition coefficient (Wildman–Crippen LogP) is 1.16. The van der Waals surface area contributed by atoms with Crippen LogP contribution in [0.3, 0.4) is 0 Å². The number of ether oxygens (including phenoxy) is 3. The lowest BCUT2D eigenvalue weighted by Crippen LogP contribution is -2.52. The maximum Gasteiger partial charge on any atom is 0.251 e. The number of rotatable bonds is 6. The highest BCUT2D eigenvalue weighted by atomic mass is 16.5. The minimum absolute atomic E-state index is 0.0638. The number of benzene rings is 1. The normalized spacial score (nSPS) is 23.0. The lowest BCUT2D eigenvalue weighted by molar-refractivity contribution is 0.00166. The molecule has 0 radical (unpaired) electrons. The molecule has 2 aliphatic rings. The molecule has 2 heterocycles. The Balaban J connectivity index is 1.62. The molecule has 0 aromatic heterocycles. The van der Waals surface area contributed by atoms with Gasteiger partial charge >= 0.3 is 0 Å². The molecule has 6 heteroatoms. The maximum atomic E-state index is 12.5. The van der Waals surface area contributed by atoms with E-state index >= 15 is 0 Å². The summed E-state index contributed by atoms with van der Waals surface area (Å²) in [4.78, 5) is 14.9. The fraction of sp³-hybridized carbons (Fsp3) is 0.611. The van der Waals surface area contributed by atoms with Gasteiger partial charge in [-0.05, 0) is 24.6 Å². The molecule has 1 aromatic carbocycles. The zero-order chi connectivity index (χ0) is 16.8. The summed E-state index contributed by atoms with van der Waals surface area (Å²) in [6.45, 7) is 5.56. The van der Waals surface area contributed by atoms with Crippen molar-refractivity contribution in [2.24, 2.45) is 5.92 Å². The second-order valence-corrected chi connectivity index (χ2v) is 6.28. The summed E-state index contributed by atoms with van der Waals surface area (Å²) in [5.41, 5.74) is 0.623. The summed E-state index contributed by atoms with van der Waals surface area (Å²) in [6, 6.07) is 7.53. The van der Waals surface area contributed by atoms with E-state index in [0.717, 1.165) is 45.9 Å². The number of carbonyl (C=O) groups excluding carboxylic acids is 1. The van der Waals surface area contributed by atoms with Crippen LogP contribution in [0.4, 0.5) is 0 Å². The van der Waals surface area contributed by atoms with Gasteiger partial charge in [-0.1, -0.05) is 6.07 Å². The molecule has 1 N–H and O–H groups in total. The van der Waals surface area contributed by atoms with Crippen molar-refractivity contribution in [2.75, 3.05) is 53.2 Å². The van der Waals surface area contributed by atoms with Gasteiger partial charge in [0.15, 0.2) is 0 Å². The average molecular weight is 334 g/mol. The van der Waals surface area contributed by atoms with Crippen molar-refractivity contribution in [3.63, 3.8) is 0 Å². The molecule has 2 fully saturated rings. The maximum absolute atomic E-state index is 12.5. The van der Waals surface area contributed by atoms with Crippen LogP contribution in [0.2, 0.25) is 0 Å². The van der Waals surface area contributed by atoms with Crippen LogP contribution < -0.4 is 10.1 Å². The number of methoxy groups -OCH3 is 1. The van der Waals surface area contributed by atoms with Crippen molar-refractivity contribution in [1.82, 2.24) is 10.2 Å². The van der Waals surface area contributed by atoms with E-state index in [1.807, 2.05) is 12.1 Å². The first-order valence-electron chi connectivity index (χ1n) is 8.59. The van der Waals surface area contributed by atoms with Gasteiger partial charge in [-0.3, -0.25) is 9.69 Å². The van der Waals surface area contributed by atoms with Crippen molar-refractivity contribution in [3.05, 3.63) is 29.8 Å². The van der Waals surface area contributed by atoms with Crippen molar-refractivity contribution in [2.45, 2.75) is 12.5 Å². The number of hydrogen-bond acceptors (Lipinski definition) is 5. The molecule has 3 rings (SSSR count). The molecular formula is C18H26N2O4. The molecule has 2 saturated heterocycles. The molecule has 2 atom stereocenters. The Morgan fingerprint density at radius 3 is 2.88 bits per heavy atom. The van der Waals surface area contributed by atoms with Crippen molar-refractivity contribution < 1.29 is 19.0 Å². The monoisotopic (exact) mass is 334 g/mol. The number of hydrogen-bond donors (Lipinski definition) is 1. The number of amides is 1. The van der Waals surface area contributed by atoms with Crippen molar-refractivity contribution in [3.8, 4) is 5.75 Å². The summed E-state index contributed by atoms with van der Waals surface area (Å²) in [5.74, 6) is 1.09. The third-order valence-corrected chi connectivity index (χ3v) is 4.83. The molecule has 6 nitrogen and oxygen atoms in total. The molecule has 24 heavy (non-hydrogen) atoms. The van der Waals surface area contributed by atoms with E-state index in [4.69, 9.17) is 14.2 Å². The molecule has 0 saturated carbocycles. The van der Waals surface area contributed by atoms with Crippen LogP contribution in [0.5, 0.6) is 5.75 Å². The Kier molecular flexibility index (Phi) is 6.07. The lowest BCUT2D eigenvalue weighted by Gasteiger charge is -2.37. The van der Waals surface area contributed by atoms with Crippen molar-refractivity contribution >= 4 is 5.91 Å². The highest BCUT2D eigenvalue weighted by molar-refractivity contribution is 5.94. The number of nitrogens with one attached hydrogen (secondary N) is 1. The van der Waals surface area contributed by atoms with Gasteiger partial charge < -0.3 is 19.5 Å². The second kappa shape index (κ2) is 8.46. The minimum atomic E-state index is -0.0638. The van der Waals surface area contributed by atoms with E-state index in [2.05, 4.69) is 10.2 Å². The van der Waals surface area contributed by atoms with Crippen LogP contribution in [0.15, 0.2) is 24.3 Å². The standard InChI is InChI=1S/C18H26N2O4/c1-22-16-4-2-3-14(11-16)18(21)19-12-17(15-5-8-24-13-15)20-6-9-23-10-7-20/h2-4,11,15,17H,5-10,12-13H2,1H3,(H,19,21). The molecule has 132 valence electrons. The van der Waals surface area contributed by atoms with E-state index in [9.17, 15) is 4.79 Å². The first kappa shape index (κ1) is 17.2. The van der Waals surface area contributed by atoms with Crippen LogP contribution in [0.1, 0.15) is 16.8 Å². The summed E-state index contributed by atoms with van der Waals surface area (Å²) in [7, 11) is 1.60. The summed E-state index contributed by atoms with van der Waals surface area (Å²) in [5, 5.41) is 3.09. The number of morpholine rings is 1. The largest absolute Gasteiger partial charge is 0.497 e. The van der Waals surface area contributed by atoms with Gasteiger partial charge in [-0.15, -0.1) is 0 Å². The third-order valence-electron chi connectivity index (χ3n) is 4.83. The molecule has 0 spiro atoms. The predicted molar refractivity (Wildman–Crippen MR) is 90.4 cm³/mol. The summed E-state index contributed by atoms with van der Waals surface area (Å²) < 4.78 is 16.2. The van der Waals surface area contributed by atoms with Gasteiger partial charge in [0.2, 0.25) is 0 Å². The van der Waals surface area contributed by atoms with Gasteiger partial charge in [0.25, 0.3) is 5.91 Å². The topological polar surface area (TPSA) is 60.0 Å². The van der Waals surface area contributed by atoms with E-state index in [0.29, 0.717) is 29.8 Å². The molecule has 2 aliphatic heterocycles. The van der Waals surface area contributed by atoms with Gasteiger partial charge in [0.1, 0.15) is 5.75 Å². The fourth-order valence-electron chi connectivity index (χ4n) is 3.42. The van der Waals surface area contributed by atoms with E-state index in [1.165, 1.54) is 0 Å². The van der Waals surface area contributed by atoms with Crippen LogP contribution in [0, 0.1) is 5.92 Å². The molecular weight excluding hydrogens is 308 g/mol. The van der Waals surface area contributed by atoms with Gasteiger partial charge in [-0.25, -0.2) is 0 Å². The van der Waals surface area contributed by atoms with Crippen LogP contribution in [0.25, 0.3) is 0 Å². The van der Waals surface area contributed by atoms with Crippen LogP contribution >= 0.6 is 0 Å². The summed E-state index contributed by atoms with van der Waals surface area (Å²) >= 11 is 0. The summed E-state index contributed by atoms with van der Waals surface area (Å²) in [6.07, 6.45) is 1.05. The van der Waals surface area contributed by atoms with E-state index in [1.54, 1.807) is 19.2 Å². The third kappa shape index (κ3) is 4.26. The number of nitrogens with zero attached hydrogens (tertiary/aromatic N) is 1. The zero-order valence-electron chi connectivity index (χ0n) is 14.2. The minimum Gasteiger partial charge on any atom is -0.497 e. The van der Waals surface area contributed by atoms with E-state index in [-0.39, 0.29) is 5.91 Å². The first-order chi connectivity index (χ1) is 11.8. The SMILES string of the molecule is COc1cccc(C(=O)NCC(C2CCOC2)N2CCOCC2)c1. The molecule has 2 unspecified atom stereocenters. The first-order valence-corrected chi connectivity index (χ1v) is 8.59. The molecule has 0 bridgehead atoms. The van der Waals surface area contributed by atoms with Crippen LogP contribution in [-0.2, 0) is 9.47 Å². The Morgan fingerprint density at radius 1 is 1.33 bits per heavy atom. The van der Waals surface area contributed by atoms with Gasteiger partial charge in [-0.2, -0.15) is 0 Å². The number of carbonyl (C=O) groups is 1. The fourth-order valence-corrected chi connectivity index (χ4v) is 3.42. The Morgan fingerprint density at radius 2 is 2.17 bits per heavy atom. The molecule has 1 aromatic rings. The quantitative estimate of drug-likeness (QED) is 0.846. The highest BCUT2D eigenvalue weighted by Crippen LogP contribution is 2.22. The van der Waals surface area contributed by atoms with Gasteiger partial charge in [0, 0.05) is 43.8 Å².